The van der Waals surface area contributed by atoms with Crippen LogP contribution in [0, 0.1) is 0 Å². The van der Waals surface area contributed by atoms with Gasteiger partial charge in [-0.15, -0.1) is 6.58 Å². The van der Waals surface area contributed by atoms with Gasteiger partial charge in [0.15, 0.2) is 0 Å². The maximum absolute atomic E-state index is 5.69. The van der Waals surface area contributed by atoms with E-state index in [4.69, 9.17) is 11.5 Å². The number of rotatable bonds is 2. The molecular formula is C9H12N2. The molecule has 0 saturated heterocycles. The number of hydrogen-bond donors (Lipinski definition) is 2. The summed E-state index contributed by atoms with van der Waals surface area (Å²) < 4.78 is 0. The SMILES string of the molecule is C=CC(N)c1ccc(N)cc1. The molecule has 0 aromatic heterocycles. The zero-order chi connectivity index (χ0) is 8.27. The smallest absolute Gasteiger partial charge is 0.0478 e. The molecule has 0 aliphatic carbocycles. The predicted molar refractivity (Wildman–Crippen MR) is 48.0 cm³/mol. The normalized spacial score (nSPS) is 12.5. The quantitative estimate of drug-likeness (QED) is 0.492. The van der Waals surface area contributed by atoms with Crippen molar-refractivity contribution in [1.82, 2.24) is 0 Å². The molecule has 2 heteroatoms. The van der Waals surface area contributed by atoms with Crippen molar-refractivity contribution in [2.45, 2.75) is 6.04 Å². The van der Waals surface area contributed by atoms with Crippen molar-refractivity contribution in [2.24, 2.45) is 5.73 Å². The third-order valence-electron chi connectivity index (χ3n) is 1.58. The van der Waals surface area contributed by atoms with Crippen LogP contribution in [0.25, 0.3) is 0 Å². The molecule has 0 aliphatic heterocycles. The summed E-state index contributed by atoms with van der Waals surface area (Å²) in [6.45, 7) is 3.60. The maximum Gasteiger partial charge on any atom is 0.0478 e. The second-order valence-electron chi connectivity index (χ2n) is 2.43. The Kier molecular flexibility index (Phi) is 2.28. The molecule has 1 aromatic carbocycles. The van der Waals surface area contributed by atoms with Gasteiger partial charge in [-0.1, -0.05) is 18.2 Å². The minimum absolute atomic E-state index is 0.0874. The number of hydrogen-bond acceptors (Lipinski definition) is 2. The van der Waals surface area contributed by atoms with Crippen LogP contribution in [0.1, 0.15) is 11.6 Å². The largest absolute Gasteiger partial charge is 0.399 e. The van der Waals surface area contributed by atoms with Crippen molar-refractivity contribution in [3.8, 4) is 0 Å². The van der Waals surface area contributed by atoms with Crippen molar-refractivity contribution in [1.29, 1.82) is 0 Å². The first kappa shape index (κ1) is 7.82. The second kappa shape index (κ2) is 3.21. The van der Waals surface area contributed by atoms with E-state index in [0.29, 0.717) is 0 Å². The lowest BCUT2D eigenvalue weighted by Crippen LogP contribution is -2.05. The zero-order valence-corrected chi connectivity index (χ0v) is 6.33. The second-order valence-corrected chi connectivity index (χ2v) is 2.43. The molecule has 0 radical (unpaired) electrons. The van der Waals surface area contributed by atoms with Gasteiger partial charge in [0.25, 0.3) is 0 Å². The minimum Gasteiger partial charge on any atom is -0.399 e. The highest BCUT2D eigenvalue weighted by atomic mass is 14.6. The van der Waals surface area contributed by atoms with Crippen LogP contribution in [0.3, 0.4) is 0 Å². The molecule has 2 nitrogen and oxygen atoms in total. The van der Waals surface area contributed by atoms with Gasteiger partial charge in [0.2, 0.25) is 0 Å². The third-order valence-corrected chi connectivity index (χ3v) is 1.58. The molecule has 0 spiro atoms. The van der Waals surface area contributed by atoms with Crippen molar-refractivity contribution in [3.05, 3.63) is 42.5 Å². The van der Waals surface area contributed by atoms with Crippen LogP contribution in [0.4, 0.5) is 5.69 Å². The monoisotopic (exact) mass is 148 g/mol. The fourth-order valence-electron chi connectivity index (χ4n) is 0.854. The van der Waals surface area contributed by atoms with Gasteiger partial charge in [0.05, 0.1) is 0 Å². The topological polar surface area (TPSA) is 52.0 Å². The molecule has 1 unspecified atom stereocenters. The van der Waals surface area contributed by atoms with Crippen molar-refractivity contribution in [2.75, 3.05) is 5.73 Å². The lowest BCUT2D eigenvalue weighted by Gasteiger charge is -2.05. The number of anilines is 1. The van der Waals surface area contributed by atoms with Gasteiger partial charge in [0.1, 0.15) is 0 Å². The van der Waals surface area contributed by atoms with E-state index >= 15 is 0 Å². The molecule has 0 saturated carbocycles. The highest BCUT2D eigenvalue weighted by Crippen LogP contribution is 2.12. The van der Waals surface area contributed by atoms with Gasteiger partial charge in [-0.25, -0.2) is 0 Å². The predicted octanol–water partition coefficient (Wildman–Crippen LogP) is 1.45. The molecule has 0 bridgehead atoms. The highest BCUT2D eigenvalue weighted by molar-refractivity contribution is 5.40. The molecule has 0 heterocycles. The maximum atomic E-state index is 5.69. The molecule has 1 rings (SSSR count). The average Bonchev–Trinajstić information content (AvgIpc) is 2.05. The van der Waals surface area contributed by atoms with E-state index in [-0.39, 0.29) is 6.04 Å². The third kappa shape index (κ3) is 1.82. The van der Waals surface area contributed by atoms with Gasteiger partial charge in [0, 0.05) is 11.7 Å². The number of nitrogen functional groups attached to an aromatic ring is 1. The van der Waals surface area contributed by atoms with E-state index in [9.17, 15) is 0 Å². The lowest BCUT2D eigenvalue weighted by molar-refractivity contribution is 0.915. The fraction of sp³-hybridized carbons (Fsp3) is 0.111. The van der Waals surface area contributed by atoms with Crippen LogP contribution in [-0.4, -0.2) is 0 Å². The summed E-state index contributed by atoms with van der Waals surface area (Å²) in [5.41, 5.74) is 13.0. The van der Waals surface area contributed by atoms with Crippen molar-refractivity contribution in [3.63, 3.8) is 0 Å². The molecule has 4 N–H and O–H groups in total. The molecule has 1 atom stereocenters. The summed E-state index contributed by atoms with van der Waals surface area (Å²) in [6.07, 6.45) is 1.70. The summed E-state index contributed by atoms with van der Waals surface area (Å²) >= 11 is 0. The van der Waals surface area contributed by atoms with Crippen LogP contribution < -0.4 is 11.5 Å². The van der Waals surface area contributed by atoms with E-state index in [1.807, 2.05) is 24.3 Å². The van der Waals surface area contributed by atoms with E-state index in [2.05, 4.69) is 6.58 Å². The number of nitrogens with two attached hydrogens (primary N) is 2. The van der Waals surface area contributed by atoms with Crippen LogP contribution in [0.5, 0.6) is 0 Å². The van der Waals surface area contributed by atoms with E-state index in [0.717, 1.165) is 11.3 Å². The first-order valence-corrected chi connectivity index (χ1v) is 3.47. The van der Waals surface area contributed by atoms with Crippen LogP contribution >= 0.6 is 0 Å². The van der Waals surface area contributed by atoms with Crippen molar-refractivity contribution >= 4 is 5.69 Å². The van der Waals surface area contributed by atoms with Crippen molar-refractivity contribution < 1.29 is 0 Å². The molecule has 11 heavy (non-hydrogen) atoms. The van der Waals surface area contributed by atoms with Crippen LogP contribution in [0.2, 0.25) is 0 Å². The fourth-order valence-corrected chi connectivity index (χ4v) is 0.854. The Morgan fingerprint density at radius 3 is 2.27 bits per heavy atom. The van der Waals surface area contributed by atoms with Crippen LogP contribution in [-0.2, 0) is 0 Å². The molecule has 58 valence electrons. The highest BCUT2D eigenvalue weighted by Gasteiger charge is 1.98. The average molecular weight is 148 g/mol. The molecular weight excluding hydrogens is 136 g/mol. The summed E-state index contributed by atoms with van der Waals surface area (Å²) in [4.78, 5) is 0. The molecule has 0 fully saturated rings. The molecule has 0 amide bonds. The Labute approximate surface area is 66.5 Å². The lowest BCUT2D eigenvalue weighted by atomic mass is 10.1. The first-order chi connectivity index (χ1) is 5.24. The minimum atomic E-state index is -0.0874. The van der Waals surface area contributed by atoms with E-state index < -0.39 is 0 Å². The van der Waals surface area contributed by atoms with E-state index in [1.54, 1.807) is 6.08 Å². The Hall–Kier alpha value is -1.28. The summed E-state index contributed by atoms with van der Waals surface area (Å²) in [5, 5.41) is 0. The van der Waals surface area contributed by atoms with E-state index in [1.165, 1.54) is 0 Å². The van der Waals surface area contributed by atoms with Gasteiger partial charge in [-0.3, -0.25) is 0 Å². The van der Waals surface area contributed by atoms with Gasteiger partial charge < -0.3 is 11.5 Å². The van der Waals surface area contributed by atoms with Gasteiger partial charge in [-0.05, 0) is 17.7 Å². The number of benzene rings is 1. The van der Waals surface area contributed by atoms with Crippen LogP contribution in [0.15, 0.2) is 36.9 Å². The Morgan fingerprint density at radius 2 is 1.82 bits per heavy atom. The zero-order valence-electron chi connectivity index (χ0n) is 6.33. The Bertz CT molecular complexity index is 238. The van der Waals surface area contributed by atoms with Gasteiger partial charge >= 0.3 is 0 Å². The summed E-state index contributed by atoms with van der Waals surface area (Å²) in [6, 6.07) is 7.39. The molecule has 1 aromatic rings. The Morgan fingerprint density at radius 1 is 1.27 bits per heavy atom. The standard InChI is InChI=1S/C9H12N2/c1-2-9(11)7-3-5-8(10)6-4-7/h2-6,9H,1,10-11H2. The molecule has 0 aliphatic rings. The summed E-state index contributed by atoms with van der Waals surface area (Å²) in [5.74, 6) is 0. The van der Waals surface area contributed by atoms with Gasteiger partial charge in [-0.2, -0.15) is 0 Å². The first-order valence-electron chi connectivity index (χ1n) is 3.47. The summed E-state index contributed by atoms with van der Waals surface area (Å²) in [7, 11) is 0. The Balaban J connectivity index is 2.89.